The number of rotatable bonds is 18. The van der Waals surface area contributed by atoms with Crippen LogP contribution >= 0.6 is 11.3 Å². The van der Waals surface area contributed by atoms with Crippen LogP contribution in [0.5, 0.6) is 5.75 Å². The number of benzene rings is 3. The predicted octanol–water partition coefficient (Wildman–Crippen LogP) is 10.7. The normalized spacial score (nSPS) is 11.7. The summed E-state index contributed by atoms with van der Waals surface area (Å²) >= 11 is 1.41. The van der Waals surface area contributed by atoms with Crippen molar-refractivity contribution in [3.63, 3.8) is 0 Å². The Morgan fingerprint density at radius 1 is 0.815 bits per heavy atom. The summed E-state index contributed by atoms with van der Waals surface area (Å²) < 4.78 is 50.7. The van der Waals surface area contributed by atoms with Gasteiger partial charge in [-0.05, 0) is 72.9 Å². The molecule has 0 aliphatic heterocycles. The molecule has 1 aromatic heterocycles. The van der Waals surface area contributed by atoms with E-state index in [0.717, 1.165) is 65.3 Å². The van der Waals surface area contributed by atoms with Crippen molar-refractivity contribution in [3.05, 3.63) is 140 Å². The summed E-state index contributed by atoms with van der Waals surface area (Å²) in [7, 11) is 0. The quantitative estimate of drug-likeness (QED) is 0.0466. The molecular weight excluding hydrogens is 710 g/mol. The highest BCUT2D eigenvalue weighted by molar-refractivity contribution is 7.13. The van der Waals surface area contributed by atoms with Crippen molar-refractivity contribution < 1.29 is 27.8 Å². The molecule has 0 spiro atoms. The first-order valence-electron chi connectivity index (χ1n) is 17.3. The number of anilines is 1. The van der Waals surface area contributed by atoms with Crippen LogP contribution in [0.25, 0.3) is 23.8 Å². The maximum absolute atomic E-state index is 13.4. The number of thiophene rings is 1. The third-order valence-electron chi connectivity index (χ3n) is 8.07. The Labute approximate surface area is 318 Å². The Morgan fingerprint density at radius 2 is 1.48 bits per heavy atom. The van der Waals surface area contributed by atoms with E-state index in [4.69, 9.17) is 4.74 Å². The largest absolute Gasteiger partial charge is 0.573 e. The second kappa shape index (κ2) is 20.8. The molecule has 0 radical (unpaired) electrons. The Hall–Kier alpha value is -6.06. The number of alkyl halides is 3. The first kappa shape index (κ1) is 40.7. The van der Waals surface area contributed by atoms with E-state index < -0.39 is 23.3 Å². The molecular formula is C43H39F3N4O3S. The monoisotopic (exact) mass is 748 g/mol. The van der Waals surface area contributed by atoms with Gasteiger partial charge in [0.05, 0.1) is 0 Å². The highest BCUT2D eigenvalue weighted by Crippen LogP contribution is 2.34. The van der Waals surface area contributed by atoms with Crippen molar-refractivity contribution in [1.29, 1.82) is 15.8 Å². The molecule has 0 unspecified atom stereocenters. The maximum Gasteiger partial charge on any atom is 0.573 e. The fourth-order valence-electron chi connectivity index (χ4n) is 5.38. The number of halogens is 3. The van der Waals surface area contributed by atoms with Crippen LogP contribution in [0.4, 0.5) is 18.9 Å². The zero-order valence-corrected chi connectivity index (χ0v) is 30.5. The molecule has 0 saturated carbocycles. The van der Waals surface area contributed by atoms with Gasteiger partial charge in [0.1, 0.15) is 36.1 Å². The fourth-order valence-corrected chi connectivity index (χ4v) is 6.20. The molecule has 276 valence electrons. The first-order chi connectivity index (χ1) is 26.2. The van der Waals surface area contributed by atoms with E-state index in [0.29, 0.717) is 17.9 Å². The molecule has 0 atom stereocenters. The molecule has 0 aliphatic carbocycles. The molecule has 11 heteroatoms. The SMILES string of the molecule is CCCCN(CCCCO)c1ccc(/C=C/c2ccc(/C=C/C(=C(\C#N)C(OC(F)(F)F)=C(C#N)C#N)c3ccccc3)s2)c(OCc2ccccc2)c1. The Balaban J connectivity index is 1.68. The minimum atomic E-state index is -5.25. The standard InChI is InChI=1S/C43H39F3N4O3S/c1-2-3-24-50(25-10-11-26-51)36-18-16-34(41(27-36)52-31-32-12-6-4-7-13-32)17-19-37-20-21-38(54-37)22-23-39(33-14-8-5-9-15-33)40(30-49)42(35(28-47)29-48)53-43(44,45)46/h4-9,12-23,27,51H,2-3,10-11,24-26,31H2,1H3/b19-17+,23-22+,40-39-. The molecule has 0 saturated heterocycles. The van der Waals surface area contributed by atoms with Gasteiger partial charge in [0.15, 0.2) is 11.3 Å². The lowest BCUT2D eigenvalue weighted by Gasteiger charge is -2.26. The molecule has 0 aliphatic rings. The number of hydrogen-bond donors (Lipinski definition) is 1. The van der Waals surface area contributed by atoms with Gasteiger partial charge in [-0.15, -0.1) is 24.5 Å². The van der Waals surface area contributed by atoms with Gasteiger partial charge in [-0.2, -0.15) is 15.8 Å². The lowest BCUT2D eigenvalue weighted by molar-refractivity contribution is -0.303. The summed E-state index contributed by atoms with van der Waals surface area (Å²) in [5, 5.41) is 38.2. The molecule has 4 aromatic rings. The lowest BCUT2D eigenvalue weighted by Crippen LogP contribution is -2.25. The topological polar surface area (TPSA) is 113 Å². The third kappa shape index (κ3) is 12.3. The van der Waals surface area contributed by atoms with Crippen molar-refractivity contribution >= 4 is 40.8 Å². The number of ether oxygens (including phenoxy) is 2. The third-order valence-corrected chi connectivity index (χ3v) is 9.08. The van der Waals surface area contributed by atoms with Crippen molar-refractivity contribution in [2.45, 2.75) is 45.6 Å². The van der Waals surface area contributed by atoms with E-state index >= 15 is 0 Å². The average molecular weight is 749 g/mol. The zero-order valence-electron chi connectivity index (χ0n) is 29.7. The van der Waals surface area contributed by atoms with Crippen LogP contribution in [-0.4, -0.2) is 31.2 Å². The van der Waals surface area contributed by atoms with Gasteiger partial charge in [-0.25, -0.2) is 0 Å². The molecule has 54 heavy (non-hydrogen) atoms. The number of unbranched alkanes of at least 4 members (excludes halogenated alkanes) is 2. The van der Waals surface area contributed by atoms with Gasteiger partial charge in [0, 0.05) is 52.3 Å². The number of aliphatic hydroxyl groups is 1. The van der Waals surface area contributed by atoms with Gasteiger partial charge in [-0.3, -0.25) is 0 Å². The minimum absolute atomic E-state index is 0.0375. The lowest BCUT2D eigenvalue weighted by atomic mass is 9.97. The van der Waals surface area contributed by atoms with E-state index in [2.05, 4.69) is 28.7 Å². The van der Waals surface area contributed by atoms with Crippen molar-refractivity contribution in [3.8, 4) is 24.0 Å². The summed E-state index contributed by atoms with van der Waals surface area (Å²) in [5.41, 5.74) is 1.77. The molecule has 0 fully saturated rings. The highest BCUT2D eigenvalue weighted by Gasteiger charge is 2.35. The van der Waals surface area contributed by atoms with Crippen LogP contribution in [0.2, 0.25) is 0 Å². The molecule has 7 nitrogen and oxygen atoms in total. The van der Waals surface area contributed by atoms with Gasteiger partial charge >= 0.3 is 6.36 Å². The second-order valence-corrected chi connectivity index (χ2v) is 13.1. The summed E-state index contributed by atoms with van der Waals surface area (Å²) in [6, 6.07) is 32.5. The summed E-state index contributed by atoms with van der Waals surface area (Å²) in [6.45, 7) is 4.41. The van der Waals surface area contributed by atoms with Crippen LogP contribution in [0.3, 0.4) is 0 Å². The van der Waals surface area contributed by atoms with Gasteiger partial charge in [-0.1, -0.05) is 80.1 Å². The van der Waals surface area contributed by atoms with Gasteiger partial charge < -0.3 is 19.5 Å². The number of nitrogens with zero attached hydrogens (tertiary/aromatic N) is 4. The fraction of sp³-hybridized carbons (Fsp3) is 0.233. The van der Waals surface area contributed by atoms with Crippen LogP contribution in [0.15, 0.2) is 114 Å². The zero-order chi connectivity index (χ0) is 38.8. The van der Waals surface area contributed by atoms with Gasteiger partial charge in [0.2, 0.25) is 0 Å². The number of hydrogen-bond acceptors (Lipinski definition) is 8. The van der Waals surface area contributed by atoms with Crippen LogP contribution in [0, 0.1) is 34.0 Å². The Kier molecular flexibility index (Phi) is 15.7. The maximum atomic E-state index is 13.4. The molecule has 1 N–H and O–H groups in total. The summed E-state index contributed by atoms with van der Waals surface area (Å²) in [4.78, 5) is 3.93. The smallest absolute Gasteiger partial charge is 0.488 e. The summed E-state index contributed by atoms with van der Waals surface area (Å²) in [5.74, 6) is -0.447. The number of aliphatic hydroxyl groups excluding tert-OH is 1. The van der Waals surface area contributed by atoms with E-state index in [1.165, 1.54) is 29.6 Å². The second-order valence-electron chi connectivity index (χ2n) is 11.9. The Bertz CT molecular complexity index is 2070. The highest BCUT2D eigenvalue weighted by atomic mass is 32.1. The molecule has 1 heterocycles. The van der Waals surface area contributed by atoms with Crippen molar-refractivity contribution in [1.82, 2.24) is 0 Å². The Morgan fingerprint density at radius 3 is 2.11 bits per heavy atom. The van der Waals surface area contributed by atoms with E-state index in [1.807, 2.05) is 60.7 Å². The van der Waals surface area contributed by atoms with E-state index in [1.54, 1.807) is 42.5 Å². The summed E-state index contributed by atoms with van der Waals surface area (Å²) in [6.07, 6.45) is 5.48. The van der Waals surface area contributed by atoms with E-state index in [-0.39, 0.29) is 12.2 Å². The van der Waals surface area contributed by atoms with Crippen LogP contribution in [-0.2, 0) is 11.3 Å². The predicted molar refractivity (Wildman–Crippen MR) is 207 cm³/mol. The van der Waals surface area contributed by atoms with Gasteiger partial charge in [0.25, 0.3) is 0 Å². The molecule has 4 rings (SSSR count). The molecule has 0 bridgehead atoms. The average Bonchev–Trinajstić information content (AvgIpc) is 3.64. The van der Waals surface area contributed by atoms with Crippen molar-refractivity contribution in [2.24, 2.45) is 0 Å². The number of nitriles is 3. The van der Waals surface area contributed by atoms with Crippen LogP contribution in [0.1, 0.15) is 59.1 Å². The molecule has 0 amide bonds. The van der Waals surface area contributed by atoms with Crippen LogP contribution < -0.4 is 9.64 Å². The number of allylic oxidation sites excluding steroid dienone is 4. The first-order valence-corrected chi connectivity index (χ1v) is 18.1. The van der Waals surface area contributed by atoms with Crippen molar-refractivity contribution in [2.75, 3.05) is 24.6 Å². The minimum Gasteiger partial charge on any atom is -0.488 e. The van der Waals surface area contributed by atoms with E-state index in [9.17, 15) is 34.1 Å². The molecule has 3 aromatic carbocycles.